The lowest BCUT2D eigenvalue weighted by Gasteiger charge is -2.47. The molecule has 3 nitrogen and oxygen atoms in total. The lowest BCUT2D eigenvalue weighted by Crippen LogP contribution is -2.47. The van der Waals surface area contributed by atoms with Gasteiger partial charge in [0.1, 0.15) is 0 Å². The Hall–Kier alpha value is -1.35. The normalized spacial score (nSPS) is 22.7. The van der Waals surface area contributed by atoms with Crippen molar-refractivity contribution >= 4 is 5.91 Å². The Labute approximate surface area is 165 Å². The van der Waals surface area contributed by atoms with Crippen LogP contribution in [0.3, 0.4) is 0 Å². The van der Waals surface area contributed by atoms with Crippen LogP contribution in [0.15, 0.2) is 24.3 Å². The first kappa shape index (κ1) is 20.4. The zero-order valence-corrected chi connectivity index (χ0v) is 18.0. The number of carbonyl (C=O) groups excluding carboxylic acids is 1. The molecule has 1 amide bonds. The Morgan fingerprint density at radius 1 is 1.19 bits per heavy atom. The second-order valence-electron chi connectivity index (χ2n) is 10.3. The fraction of sp³-hybridized carbons (Fsp3) is 0.708. The van der Waals surface area contributed by atoms with E-state index >= 15 is 0 Å². The molecule has 1 aromatic rings. The van der Waals surface area contributed by atoms with Crippen LogP contribution in [-0.2, 0) is 10.2 Å². The van der Waals surface area contributed by atoms with Crippen LogP contribution in [0.1, 0.15) is 83.8 Å². The van der Waals surface area contributed by atoms with Crippen molar-refractivity contribution in [2.75, 3.05) is 19.6 Å². The molecule has 1 unspecified atom stereocenters. The zero-order chi connectivity index (χ0) is 19.7. The third-order valence-electron chi connectivity index (χ3n) is 6.56. The summed E-state index contributed by atoms with van der Waals surface area (Å²) in [5, 5.41) is 3.14. The molecule has 1 aliphatic carbocycles. The highest BCUT2D eigenvalue weighted by Gasteiger charge is 2.43. The molecule has 150 valence electrons. The molecule has 1 fully saturated rings. The molecule has 0 radical (unpaired) electrons. The number of amides is 1. The number of fused-ring (bicyclic) bond motifs is 2. The van der Waals surface area contributed by atoms with Crippen molar-refractivity contribution in [1.29, 1.82) is 0 Å². The molecule has 3 heteroatoms. The number of rotatable bonds is 4. The minimum Gasteiger partial charge on any atom is -0.353 e. The van der Waals surface area contributed by atoms with Gasteiger partial charge in [-0.05, 0) is 87.5 Å². The van der Waals surface area contributed by atoms with Gasteiger partial charge in [0.15, 0.2) is 0 Å². The maximum atomic E-state index is 12.8. The smallest absolute Gasteiger partial charge is 0.227 e. The molecule has 0 aromatic heterocycles. The van der Waals surface area contributed by atoms with Crippen molar-refractivity contribution in [1.82, 2.24) is 10.2 Å². The summed E-state index contributed by atoms with van der Waals surface area (Å²) in [4.78, 5) is 15.4. The molecule has 1 aromatic carbocycles. The minimum absolute atomic E-state index is 0.0214. The van der Waals surface area contributed by atoms with Crippen molar-refractivity contribution in [2.24, 2.45) is 5.41 Å². The molecular formula is C24H38N2O. The lowest BCUT2D eigenvalue weighted by molar-refractivity contribution is -0.123. The Balaban J connectivity index is 1.73. The summed E-state index contributed by atoms with van der Waals surface area (Å²) < 4.78 is 0. The number of carbonyl (C=O) groups is 1. The summed E-state index contributed by atoms with van der Waals surface area (Å²) in [6.45, 7) is 14.7. The number of benzene rings is 1. The Bertz CT molecular complexity index is 651. The van der Waals surface area contributed by atoms with Crippen molar-refractivity contribution in [3.63, 3.8) is 0 Å². The van der Waals surface area contributed by atoms with Gasteiger partial charge in [0.05, 0.1) is 5.92 Å². The first-order chi connectivity index (χ1) is 12.7. The SMILES string of the molecule is CC(C)NC(=O)C1CCC2(CCN(CCC(C)(C)C)CC2)c2ccccc21. The van der Waals surface area contributed by atoms with Crippen molar-refractivity contribution in [2.45, 2.75) is 84.1 Å². The van der Waals surface area contributed by atoms with Crippen LogP contribution in [0.2, 0.25) is 0 Å². The summed E-state index contributed by atoms with van der Waals surface area (Å²) in [6, 6.07) is 8.97. The van der Waals surface area contributed by atoms with Crippen LogP contribution in [0.25, 0.3) is 0 Å². The van der Waals surface area contributed by atoms with Crippen molar-refractivity contribution in [3.05, 3.63) is 35.4 Å². The number of hydrogen-bond acceptors (Lipinski definition) is 2. The molecular weight excluding hydrogens is 332 g/mol. The number of nitrogens with one attached hydrogen (secondary N) is 1. The average molecular weight is 371 g/mol. The van der Waals surface area contributed by atoms with E-state index in [9.17, 15) is 4.79 Å². The average Bonchev–Trinajstić information content (AvgIpc) is 2.60. The molecule has 1 aliphatic heterocycles. The molecule has 0 saturated carbocycles. The first-order valence-corrected chi connectivity index (χ1v) is 10.8. The van der Waals surface area contributed by atoms with Crippen LogP contribution >= 0.6 is 0 Å². The van der Waals surface area contributed by atoms with Crippen molar-refractivity contribution in [3.8, 4) is 0 Å². The highest BCUT2D eigenvalue weighted by molar-refractivity contribution is 5.84. The van der Waals surface area contributed by atoms with E-state index in [0.717, 1.165) is 12.8 Å². The van der Waals surface area contributed by atoms with Crippen LogP contribution in [0.4, 0.5) is 0 Å². The van der Waals surface area contributed by atoms with Gasteiger partial charge in [-0.3, -0.25) is 4.79 Å². The van der Waals surface area contributed by atoms with Crippen LogP contribution < -0.4 is 5.32 Å². The number of likely N-dealkylation sites (tertiary alicyclic amines) is 1. The highest BCUT2D eigenvalue weighted by atomic mass is 16.1. The van der Waals surface area contributed by atoms with E-state index < -0.39 is 0 Å². The maximum Gasteiger partial charge on any atom is 0.227 e. The van der Waals surface area contributed by atoms with Gasteiger partial charge in [0, 0.05) is 6.04 Å². The molecule has 1 N–H and O–H groups in total. The number of hydrogen-bond donors (Lipinski definition) is 1. The second-order valence-corrected chi connectivity index (χ2v) is 10.3. The van der Waals surface area contributed by atoms with Gasteiger partial charge in [-0.15, -0.1) is 0 Å². The van der Waals surface area contributed by atoms with Gasteiger partial charge >= 0.3 is 0 Å². The number of piperidine rings is 1. The van der Waals surface area contributed by atoms with E-state index in [-0.39, 0.29) is 23.3 Å². The lowest BCUT2D eigenvalue weighted by atomic mass is 9.62. The van der Waals surface area contributed by atoms with Gasteiger partial charge in [-0.1, -0.05) is 45.0 Å². The van der Waals surface area contributed by atoms with E-state index in [4.69, 9.17) is 0 Å². The summed E-state index contributed by atoms with van der Waals surface area (Å²) in [5.41, 5.74) is 3.42. The topological polar surface area (TPSA) is 32.3 Å². The van der Waals surface area contributed by atoms with Crippen molar-refractivity contribution < 1.29 is 4.79 Å². The van der Waals surface area contributed by atoms with E-state index in [2.05, 4.69) is 55.3 Å². The Kier molecular flexibility index (Phi) is 6.00. The molecule has 1 spiro atoms. The minimum atomic E-state index is 0.0214. The summed E-state index contributed by atoms with van der Waals surface area (Å²) >= 11 is 0. The largest absolute Gasteiger partial charge is 0.353 e. The molecule has 0 bridgehead atoms. The first-order valence-electron chi connectivity index (χ1n) is 10.8. The van der Waals surface area contributed by atoms with E-state index in [1.54, 1.807) is 0 Å². The molecule has 27 heavy (non-hydrogen) atoms. The van der Waals surface area contributed by atoms with E-state index in [0.29, 0.717) is 5.41 Å². The maximum absolute atomic E-state index is 12.8. The van der Waals surface area contributed by atoms with Crippen LogP contribution in [0.5, 0.6) is 0 Å². The van der Waals surface area contributed by atoms with Gasteiger partial charge in [-0.25, -0.2) is 0 Å². The summed E-state index contributed by atoms with van der Waals surface area (Å²) in [5.74, 6) is 0.225. The molecule has 1 heterocycles. The molecule has 3 rings (SSSR count). The van der Waals surface area contributed by atoms with Gasteiger partial charge in [0.2, 0.25) is 5.91 Å². The fourth-order valence-electron chi connectivity index (χ4n) is 4.87. The quantitative estimate of drug-likeness (QED) is 0.821. The Morgan fingerprint density at radius 2 is 1.85 bits per heavy atom. The molecule has 2 aliphatic rings. The molecule has 1 saturated heterocycles. The van der Waals surface area contributed by atoms with Gasteiger partial charge in [-0.2, -0.15) is 0 Å². The standard InChI is InChI=1S/C24H38N2O/c1-18(2)25-22(27)20-10-11-24(21-9-7-6-8-19(20)21)13-16-26(17-14-24)15-12-23(3,4)5/h6-9,18,20H,10-17H2,1-5H3,(H,25,27). The molecule has 1 atom stereocenters. The third-order valence-corrected chi connectivity index (χ3v) is 6.56. The summed E-state index contributed by atoms with van der Waals surface area (Å²) in [6.07, 6.45) is 5.85. The highest BCUT2D eigenvalue weighted by Crippen LogP contribution is 2.48. The second kappa shape index (κ2) is 7.95. The van der Waals surface area contributed by atoms with E-state index in [1.165, 1.54) is 50.0 Å². The van der Waals surface area contributed by atoms with Crippen LogP contribution in [-0.4, -0.2) is 36.5 Å². The van der Waals surface area contributed by atoms with E-state index in [1.807, 2.05) is 13.8 Å². The monoisotopic (exact) mass is 370 g/mol. The Morgan fingerprint density at radius 3 is 2.48 bits per heavy atom. The summed E-state index contributed by atoms with van der Waals surface area (Å²) in [7, 11) is 0. The van der Waals surface area contributed by atoms with Gasteiger partial charge < -0.3 is 10.2 Å². The van der Waals surface area contributed by atoms with Gasteiger partial charge in [0.25, 0.3) is 0 Å². The predicted molar refractivity (Wildman–Crippen MR) is 113 cm³/mol. The fourth-order valence-corrected chi connectivity index (χ4v) is 4.87. The third kappa shape index (κ3) is 4.74. The predicted octanol–water partition coefficient (Wildman–Crippen LogP) is 4.86. The number of nitrogens with zero attached hydrogens (tertiary/aromatic N) is 1. The van der Waals surface area contributed by atoms with Crippen LogP contribution in [0, 0.1) is 5.41 Å². The zero-order valence-electron chi connectivity index (χ0n) is 18.0.